The van der Waals surface area contributed by atoms with Crippen LogP contribution in [0.2, 0.25) is 0 Å². The zero-order chi connectivity index (χ0) is 20.4. The second kappa shape index (κ2) is 10.9. The van der Waals surface area contributed by atoms with Crippen molar-refractivity contribution in [2.75, 3.05) is 19.8 Å². The molecule has 5 heteroatoms. The van der Waals surface area contributed by atoms with Gasteiger partial charge in [-0.2, -0.15) is 0 Å². The lowest BCUT2D eigenvalue weighted by atomic mass is 10.0. The lowest BCUT2D eigenvalue weighted by molar-refractivity contribution is -0.162. The number of aromatic nitrogens is 2. The Morgan fingerprint density at radius 2 is 1.53 bits per heavy atom. The highest BCUT2D eigenvalue weighted by Gasteiger charge is 2.14. The first-order valence-corrected chi connectivity index (χ1v) is 10.7. The van der Waals surface area contributed by atoms with E-state index in [0.29, 0.717) is 19.1 Å². The summed E-state index contributed by atoms with van der Waals surface area (Å²) in [5, 5.41) is 0. The molecule has 1 aromatic heterocycles. The number of rotatable bonds is 9. The summed E-state index contributed by atoms with van der Waals surface area (Å²) in [5.41, 5.74) is 3.75. The summed E-state index contributed by atoms with van der Waals surface area (Å²) in [6.45, 7) is 2.10. The van der Waals surface area contributed by atoms with Crippen LogP contribution in [0, 0.1) is 0 Å². The number of hydrogen-bond acceptors (Lipinski definition) is 5. The van der Waals surface area contributed by atoms with E-state index >= 15 is 0 Å². The Bertz CT molecular complexity index is 897. The van der Waals surface area contributed by atoms with Crippen molar-refractivity contribution in [2.45, 2.75) is 38.4 Å². The Hall–Kier alpha value is -2.76. The molecule has 1 aliphatic rings. The molecule has 1 fully saturated rings. The van der Waals surface area contributed by atoms with Crippen LogP contribution in [0.15, 0.2) is 66.9 Å². The minimum atomic E-state index is -0.0236. The topological polar surface area (TPSA) is 53.5 Å². The molecule has 2 heterocycles. The van der Waals surface area contributed by atoms with Gasteiger partial charge in [-0.1, -0.05) is 60.7 Å². The molecule has 0 amide bonds. The van der Waals surface area contributed by atoms with Gasteiger partial charge in [0.1, 0.15) is 5.69 Å². The lowest BCUT2D eigenvalue weighted by Gasteiger charge is -2.22. The van der Waals surface area contributed by atoms with Crippen molar-refractivity contribution in [3.63, 3.8) is 0 Å². The smallest absolute Gasteiger partial charge is 0.232 e. The van der Waals surface area contributed by atoms with E-state index in [0.717, 1.165) is 54.8 Å². The molecule has 2 aromatic carbocycles. The quantitative estimate of drug-likeness (QED) is 0.440. The minimum Gasteiger partial charge on any atom is -0.477 e. The molecular weight excluding hydrogens is 376 g/mol. The van der Waals surface area contributed by atoms with E-state index in [1.54, 1.807) is 6.20 Å². The molecule has 0 saturated carbocycles. The highest BCUT2D eigenvalue weighted by molar-refractivity contribution is 5.77. The zero-order valence-electron chi connectivity index (χ0n) is 17.2. The van der Waals surface area contributed by atoms with Crippen LogP contribution < -0.4 is 4.74 Å². The van der Waals surface area contributed by atoms with Gasteiger partial charge < -0.3 is 14.2 Å². The first kappa shape index (κ1) is 20.5. The van der Waals surface area contributed by atoms with Crippen LogP contribution in [0.1, 0.15) is 32.1 Å². The van der Waals surface area contributed by atoms with E-state index < -0.39 is 0 Å². The average Bonchev–Trinajstić information content (AvgIpc) is 2.83. The maximum atomic E-state index is 5.89. The Kier molecular flexibility index (Phi) is 7.42. The van der Waals surface area contributed by atoms with E-state index in [1.807, 2.05) is 60.7 Å². The summed E-state index contributed by atoms with van der Waals surface area (Å²) in [4.78, 5) is 9.45. The Balaban J connectivity index is 1.36. The largest absolute Gasteiger partial charge is 0.477 e. The molecule has 1 unspecified atom stereocenters. The highest BCUT2D eigenvalue weighted by Crippen LogP contribution is 2.30. The Morgan fingerprint density at radius 1 is 0.833 bits per heavy atom. The molecule has 1 saturated heterocycles. The number of ether oxygens (including phenoxy) is 3. The van der Waals surface area contributed by atoms with E-state index in [9.17, 15) is 0 Å². The van der Waals surface area contributed by atoms with Crippen molar-refractivity contribution in [1.82, 2.24) is 9.97 Å². The normalized spacial score (nSPS) is 16.3. The molecule has 30 heavy (non-hydrogen) atoms. The molecular formula is C25H28N2O3. The summed E-state index contributed by atoms with van der Waals surface area (Å²) >= 11 is 0. The van der Waals surface area contributed by atoms with E-state index in [4.69, 9.17) is 19.2 Å². The molecule has 0 radical (unpaired) electrons. The van der Waals surface area contributed by atoms with Gasteiger partial charge in [0.05, 0.1) is 18.5 Å². The molecule has 5 nitrogen and oxygen atoms in total. The summed E-state index contributed by atoms with van der Waals surface area (Å²) in [5.74, 6) is 0.546. The fraction of sp³-hybridized carbons (Fsp3) is 0.360. The van der Waals surface area contributed by atoms with Crippen molar-refractivity contribution in [3.8, 4) is 28.4 Å². The van der Waals surface area contributed by atoms with Crippen LogP contribution in [0.25, 0.3) is 22.5 Å². The maximum absolute atomic E-state index is 5.89. The summed E-state index contributed by atoms with van der Waals surface area (Å²) in [6, 6.07) is 20.2. The Labute approximate surface area is 178 Å². The van der Waals surface area contributed by atoms with Gasteiger partial charge in [0, 0.05) is 24.3 Å². The van der Waals surface area contributed by atoms with Crippen molar-refractivity contribution in [3.05, 3.63) is 66.9 Å². The third-order valence-corrected chi connectivity index (χ3v) is 5.08. The number of unbranched alkanes of at least 4 members (excludes halogenated alkanes) is 1. The molecule has 1 atom stereocenters. The third-order valence-electron chi connectivity index (χ3n) is 5.08. The molecule has 0 aliphatic carbocycles. The molecule has 0 N–H and O–H groups in total. The van der Waals surface area contributed by atoms with Crippen LogP contribution in [0.4, 0.5) is 0 Å². The summed E-state index contributed by atoms with van der Waals surface area (Å²) in [7, 11) is 0. The fourth-order valence-corrected chi connectivity index (χ4v) is 3.49. The zero-order valence-corrected chi connectivity index (χ0v) is 17.2. The van der Waals surface area contributed by atoms with Crippen LogP contribution in [-0.2, 0) is 9.47 Å². The van der Waals surface area contributed by atoms with Gasteiger partial charge in [-0.05, 0) is 32.1 Å². The third kappa shape index (κ3) is 5.65. The second-order valence-electron chi connectivity index (χ2n) is 7.36. The van der Waals surface area contributed by atoms with Crippen molar-refractivity contribution in [1.29, 1.82) is 0 Å². The monoisotopic (exact) mass is 404 g/mol. The van der Waals surface area contributed by atoms with Crippen molar-refractivity contribution < 1.29 is 14.2 Å². The minimum absolute atomic E-state index is 0.0236. The van der Waals surface area contributed by atoms with Gasteiger partial charge in [0.25, 0.3) is 0 Å². The van der Waals surface area contributed by atoms with Crippen molar-refractivity contribution in [2.24, 2.45) is 0 Å². The predicted octanol–water partition coefficient (Wildman–Crippen LogP) is 5.51. The second-order valence-corrected chi connectivity index (χ2v) is 7.36. The summed E-state index contributed by atoms with van der Waals surface area (Å²) < 4.78 is 17.2. The SMILES string of the molecule is c1ccc(-c2ncc(OCCCCOC3CCCCO3)nc2-c2ccccc2)cc1. The molecule has 3 aromatic rings. The number of nitrogens with zero attached hydrogens (tertiary/aromatic N) is 2. The molecule has 0 bridgehead atoms. The van der Waals surface area contributed by atoms with Crippen LogP contribution in [0.3, 0.4) is 0 Å². The predicted molar refractivity (Wildman–Crippen MR) is 117 cm³/mol. The van der Waals surface area contributed by atoms with Crippen LogP contribution in [0.5, 0.6) is 5.88 Å². The van der Waals surface area contributed by atoms with Crippen LogP contribution >= 0.6 is 0 Å². The van der Waals surface area contributed by atoms with Gasteiger partial charge in [-0.25, -0.2) is 9.97 Å². The highest BCUT2D eigenvalue weighted by atomic mass is 16.7. The van der Waals surface area contributed by atoms with E-state index in [-0.39, 0.29) is 6.29 Å². The molecule has 156 valence electrons. The van der Waals surface area contributed by atoms with Crippen molar-refractivity contribution >= 4 is 0 Å². The maximum Gasteiger partial charge on any atom is 0.232 e. The van der Waals surface area contributed by atoms with Crippen LogP contribution in [-0.4, -0.2) is 36.1 Å². The van der Waals surface area contributed by atoms with E-state index in [1.165, 1.54) is 6.42 Å². The average molecular weight is 405 g/mol. The molecule has 0 spiro atoms. The van der Waals surface area contributed by atoms with Gasteiger partial charge in [-0.3, -0.25) is 0 Å². The van der Waals surface area contributed by atoms with Gasteiger partial charge in [0.2, 0.25) is 5.88 Å². The number of benzene rings is 2. The summed E-state index contributed by atoms with van der Waals surface area (Å²) in [6.07, 6.45) is 6.85. The Morgan fingerprint density at radius 3 is 2.23 bits per heavy atom. The van der Waals surface area contributed by atoms with Gasteiger partial charge in [-0.15, -0.1) is 0 Å². The molecule has 1 aliphatic heterocycles. The van der Waals surface area contributed by atoms with E-state index in [2.05, 4.69) is 4.98 Å². The molecule has 4 rings (SSSR count). The van der Waals surface area contributed by atoms with Gasteiger partial charge >= 0.3 is 0 Å². The standard InChI is InChI=1S/C25H28N2O3/c1-3-11-20(12-4-1)24-25(21-13-5-2-6-14-21)27-22(19-26-24)28-16-9-10-18-30-23-15-7-8-17-29-23/h1-6,11-14,19,23H,7-10,15-18H2. The first-order chi connectivity index (χ1) is 14.9. The lowest BCUT2D eigenvalue weighted by Crippen LogP contribution is -2.22. The first-order valence-electron chi connectivity index (χ1n) is 10.7. The number of hydrogen-bond donors (Lipinski definition) is 0. The fourth-order valence-electron chi connectivity index (χ4n) is 3.49. The van der Waals surface area contributed by atoms with Gasteiger partial charge in [0.15, 0.2) is 6.29 Å².